The number of nitrogens with one attached hydrogen (secondary N) is 1. The third-order valence-electron chi connectivity index (χ3n) is 4.79. The molecule has 2 aromatic carbocycles. The van der Waals surface area contributed by atoms with Gasteiger partial charge in [-0.15, -0.1) is 0 Å². The Hall–Kier alpha value is -1.37. The molecule has 1 aromatic heterocycles. The van der Waals surface area contributed by atoms with Crippen LogP contribution in [0.1, 0.15) is 31.1 Å². The second kappa shape index (κ2) is 5.93. The summed E-state index contributed by atoms with van der Waals surface area (Å²) in [6.07, 6.45) is 3.35. The largest absolute Gasteiger partial charge is 0.437 e. The molecular weight excluding hydrogens is 353 g/mol. The molecule has 2 heterocycles. The lowest BCUT2D eigenvalue weighted by molar-refractivity contribution is 0.220. The highest BCUT2D eigenvalue weighted by Crippen LogP contribution is 2.33. The highest BCUT2D eigenvalue weighted by molar-refractivity contribution is 9.10. The molecule has 0 amide bonds. The summed E-state index contributed by atoms with van der Waals surface area (Å²) < 4.78 is 1.08. The summed E-state index contributed by atoms with van der Waals surface area (Å²) in [5, 5.41) is 12.4. The smallest absolute Gasteiger partial charge is 0.377 e. The van der Waals surface area contributed by atoms with E-state index in [4.69, 9.17) is 4.98 Å². The van der Waals surface area contributed by atoms with Gasteiger partial charge < -0.3 is 14.8 Å². The Bertz CT molecular complexity index is 864. The topological polar surface area (TPSA) is 52.1 Å². The van der Waals surface area contributed by atoms with E-state index in [1.54, 1.807) is 0 Å². The molecule has 1 saturated heterocycles. The van der Waals surface area contributed by atoms with Crippen molar-refractivity contribution in [3.05, 3.63) is 40.6 Å². The second-order valence-electron chi connectivity index (χ2n) is 6.33. The van der Waals surface area contributed by atoms with Crippen LogP contribution < -0.4 is 0 Å². The lowest BCUT2D eigenvalue weighted by Gasteiger charge is -2.35. The van der Waals surface area contributed by atoms with Crippen molar-refractivity contribution in [2.24, 2.45) is 0 Å². The first-order valence-electron chi connectivity index (χ1n) is 8.15. The first kappa shape index (κ1) is 15.2. The molecule has 4 nitrogen and oxygen atoms in total. The summed E-state index contributed by atoms with van der Waals surface area (Å²) in [7, 11) is -0.443. The molecule has 1 aliphatic heterocycles. The molecule has 6 heteroatoms. The second-order valence-corrected chi connectivity index (χ2v) is 7.24. The van der Waals surface area contributed by atoms with Gasteiger partial charge >= 0.3 is 7.05 Å². The summed E-state index contributed by atoms with van der Waals surface area (Å²) >= 11 is 3.53. The fourth-order valence-corrected chi connectivity index (χ4v) is 4.03. The molecule has 2 N–H and O–H groups in total. The van der Waals surface area contributed by atoms with Crippen LogP contribution in [0.5, 0.6) is 0 Å². The minimum Gasteiger partial charge on any atom is -0.437 e. The Morgan fingerprint density at radius 2 is 2.17 bits per heavy atom. The van der Waals surface area contributed by atoms with Crippen LogP contribution in [0.3, 0.4) is 0 Å². The molecule has 0 radical (unpaired) electrons. The van der Waals surface area contributed by atoms with E-state index >= 15 is 0 Å². The van der Waals surface area contributed by atoms with Crippen molar-refractivity contribution in [1.82, 2.24) is 14.8 Å². The van der Waals surface area contributed by atoms with Crippen molar-refractivity contribution in [1.29, 1.82) is 0 Å². The zero-order chi connectivity index (χ0) is 16.0. The number of halogens is 1. The Balaban J connectivity index is 1.83. The number of fused-ring (bicyclic) bond motifs is 3. The first-order chi connectivity index (χ1) is 11.1. The zero-order valence-corrected chi connectivity index (χ0v) is 14.7. The zero-order valence-electron chi connectivity index (χ0n) is 13.1. The van der Waals surface area contributed by atoms with Gasteiger partial charge in [0.2, 0.25) is 0 Å². The minimum absolute atomic E-state index is 0.168. The Labute approximate surface area is 144 Å². The Morgan fingerprint density at radius 1 is 1.30 bits per heavy atom. The maximum absolute atomic E-state index is 10.1. The van der Waals surface area contributed by atoms with Gasteiger partial charge in [-0.25, -0.2) is 4.98 Å². The molecule has 118 valence electrons. The molecule has 3 aromatic rings. The third-order valence-corrected chi connectivity index (χ3v) is 5.29. The van der Waals surface area contributed by atoms with Crippen LogP contribution in [0.4, 0.5) is 0 Å². The van der Waals surface area contributed by atoms with Gasteiger partial charge in [0.1, 0.15) is 5.82 Å². The molecular formula is C17H19BBrN3O. The fraction of sp³-hybridized carbons (Fsp3) is 0.353. The third kappa shape index (κ3) is 2.69. The number of piperidine rings is 1. The molecule has 0 aliphatic carbocycles. The quantitative estimate of drug-likeness (QED) is 0.666. The van der Waals surface area contributed by atoms with E-state index in [0.717, 1.165) is 40.7 Å². The summed E-state index contributed by atoms with van der Waals surface area (Å²) in [4.78, 5) is 10.5. The van der Waals surface area contributed by atoms with Gasteiger partial charge in [-0.1, -0.05) is 34.5 Å². The van der Waals surface area contributed by atoms with Crippen molar-refractivity contribution in [2.75, 3.05) is 6.54 Å². The summed E-state index contributed by atoms with van der Waals surface area (Å²) in [5.41, 5.74) is 2.08. The van der Waals surface area contributed by atoms with Crippen molar-refractivity contribution >= 4 is 44.8 Å². The van der Waals surface area contributed by atoms with Crippen molar-refractivity contribution in [3.63, 3.8) is 0 Å². The van der Waals surface area contributed by atoms with Crippen molar-refractivity contribution in [2.45, 2.75) is 32.1 Å². The molecule has 0 unspecified atom stereocenters. The van der Waals surface area contributed by atoms with E-state index in [-0.39, 0.29) is 6.04 Å². The van der Waals surface area contributed by atoms with Crippen LogP contribution in [-0.4, -0.2) is 33.4 Å². The predicted molar refractivity (Wildman–Crippen MR) is 98.4 cm³/mol. The predicted octanol–water partition coefficient (Wildman–Crippen LogP) is 4.12. The Morgan fingerprint density at radius 3 is 3.00 bits per heavy atom. The lowest BCUT2D eigenvalue weighted by atomic mass is 9.79. The maximum Gasteiger partial charge on any atom is 0.377 e. The number of hydrogen-bond donors (Lipinski definition) is 2. The van der Waals surface area contributed by atoms with Crippen LogP contribution in [0, 0.1) is 0 Å². The van der Waals surface area contributed by atoms with Crippen LogP contribution in [-0.2, 0) is 0 Å². The number of imidazole rings is 1. The van der Waals surface area contributed by atoms with Crippen molar-refractivity contribution in [3.8, 4) is 0 Å². The van der Waals surface area contributed by atoms with Gasteiger partial charge in [0.25, 0.3) is 0 Å². The fourth-order valence-electron chi connectivity index (χ4n) is 3.65. The number of rotatable bonds is 2. The van der Waals surface area contributed by atoms with Gasteiger partial charge in [-0.3, -0.25) is 0 Å². The molecule has 0 saturated carbocycles. The molecule has 1 fully saturated rings. The molecule has 0 spiro atoms. The number of hydrogen-bond acceptors (Lipinski definition) is 3. The highest BCUT2D eigenvalue weighted by atomic mass is 79.9. The van der Waals surface area contributed by atoms with Gasteiger partial charge in [-0.2, -0.15) is 0 Å². The molecule has 1 atom stereocenters. The molecule has 1 aliphatic rings. The SMILES string of the molecule is CB(O)N1CCCC[C@H]1c1nc2ccc3cc(Br)ccc3c2[nH]1. The number of aromatic nitrogens is 2. The van der Waals surface area contributed by atoms with Gasteiger partial charge in [0.15, 0.2) is 0 Å². The van der Waals surface area contributed by atoms with Crippen molar-refractivity contribution < 1.29 is 5.02 Å². The monoisotopic (exact) mass is 371 g/mol. The summed E-state index contributed by atoms with van der Waals surface area (Å²) in [6.45, 7) is 2.76. The summed E-state index contributed by atoms with van der Waals surface area (Å²) in [5.74, 6) is 0.969. The average molecular weight is 372 g/mol. The summed E-state index contributed by atoms with van der Waals surface area (Å²) in [6, 6.07) is 10.7. The number of benzene rings is 2. The highest BCUT2D eigenvalue weighted by Gasteiger charge is 2.31. The van der Waals surface area contributed by atoms with Crippen LogP contribution in [0.15, 0.2) is 34.8 Å². The van der Waals surface area contributed by atoms with E-state index in [1.807, 2.05) is 6.82 Å². The number of H-pyrrole nitrogens is 1. The average Bonchev–Trinajstić information content (AvgIpc) is 2.98. The van der Waals surface area contributed by atoms with Crippen LogP contribution in [0.2, 0.25) is 6.82 Å². The van der Waals surface area contributed by atoms with E-state index < -0.39 is 7.05 Å². The first-order valence-corrected chi connectivity index (χ1v) is 8.94. The molecule has 23 heavy (non-hydrogen) atoms. The van der Waals surface area contributed by atoms with E-state index in [1.165, 1.54) is 17.2 Å². The van der Waals surface area contributed by atoms with Gasteiger partial charge in [-0.05, 0) is 49.8 Å². The van der Waals surface area contributed by atoms with Crippen LogP contribution in [0.25, 0.3) is 21.8 Å². The standard InChI is InChI=1S/C17H19BBrN3O/c1-18(23)22-9-3-2-4-15(22)17-20-14-8-5-11-10-12(19)6-7-13(11)16(14)21-17/h5-8,10,15,23H,2-4,9H2,1H3,(H,20,21)/t15-/m0/s1. The maximum atomic E-state index is 10.1. The van der Waals surface area contributed by atoms with E-state index in [2.05, 4.69) is 56.1 Å². The van der Waals surface area contributed by atoms with Gasteiger partial charge in [0, 0.05) is 9.86 Å². The van der Waals surface area contributed by atoms with Gasteiger partial charge in [0.05, 0.1) is 17.1 Å². The number of aromatic amines is 1. The minimum atomic E-state index is -0.443. The lowest BCUT2D eigenvalue weighted by Crippen LogP contribution is -2.43. The molecule has 4 rings (SSSR count). The van der Waals surface area contributed by atoms with E-state index in [0.29, 0.717) is 0 Å². The van der Waals surface area contributed by atoms with Crippen LogP contribution >= 0.6 is 15.9 Å². The Kier molecular flexibility index (Phi) is 3.91. The molecule has 0 bridgehead atoms. The normalized spacial score (nSPS) is 19.5. The van der Waals surface area contributed by atoms with E-state index in [9.17, 15) is 5.02 Å². The number of nitrogens with zero attached hydrogens (tertiary/aromatic N) is 2.